The Morgan fingerprint density at radius 1 is 0.761 bits per heavy atom. The molecule has 0 aliphatic carbocycles. The summed E-state index contributed by atoms with van der Waals surface area (Å²) in [7, 11) is 0. The molecule has 14 heteroatoms. The molecule has 0 spiro atoms. The highest BCUT2D eigenvalue weighted by molar-refractivity contribution is 7.98. The Morgan fingerprint density at radius 2 is 1.26 bits per heavy atom. The molecule has 13 nitrogen and oxygen atoms in total. The molecule has 0 aliphatic heterocycles. The number of nitrogens with one attached hydrogen (secondary N) is 5. The number of benzene rings is 2. The van der Waals surface area contributed by atoms with Gasteiger partial charge in [-0.3, -0.25) is 19.2 Å². The molecule has 2 heterocycles. The lowest BCUT2D eigenvalue weighted by molar-refractivity contribution is -0.142. The lowest BCUT2D eigenvalue weighted by Gasteiger charge is -2.25. The molecule has 244 valence electrons. The molecule has 2 aromatic heterocycles. The van der Waals surface area contributed by atoms with E-state index in [1.54, 1.807) is 12.4 Å². The van der Waals surface area contributed by atoms with Gasteiger partial charge in [0, 0.05) is 53.5 Å². The molecule has 4 unspecified atom stereocenters. The number of aromatic nitrogens is 2. The minimum absolute atomic E-state index is 0.00470. The Labute approximate surface area is 269 Å². The number of aromatic amines is 2. The van der Waals surface area contributed by atoms with Crippen molar-refractivity contribution in [3.05, 3.63) is 72.1 Å². The second-order valence-electron chi connectivity index (χ2n) is 11.0. The summed E-state index contributed by atoms with van der Waals surface area (Å²) in [6.07, 6.45) is 5.33. The zero-order chi connectivity index (χ0) is 33.2. The second kappa shape index (κ2) is 16.0. The van der Waals surface area contributed by atoms with Crippen LogP contribution in [-0.4, -0.2) is 80.8 Å². The maximum absolute atomic E-state index is 13.8. The van der Waals surface area contributed by atoms with E-state index in [1.807, 2.05) is 54.8 Å². The van der Waals surface area contributed by atoms with Gasteiger partial charge in [0.05, 0.1) is 6.04 Å². The summed E-state index contributed by atoms with van der Waals surface area (Å²) in [5.74, 6) is -3.35. The van der Waals surface area contributed by atoms with Crippen LogP contribution in [0.1, 0.15) is 30.4 Å². The fourth-order valence-corrected chi connectivity index (χ4v) is 5.69. The predicted molar refractivity (Wildman–Crippen MR) is 177 cm³/mol. The van der Waals surface area contributed by atoms with E-state index in [4.69, 9.17) is 11.5 Å². The summed E-state index contributed by atoms with van der Waals surface area (Å²) in [6.45, 7) is 0. The van der Waals surface area contributed by atoms with Gasteiger partial charge in [0.2, 0.25) is 23.6 Å². The smallest absolute Gasteiger partial charge is 0.326 e. The van der Waals surface area contributed by atoms with Crippen molar-refractivity contribution in [2.45, 2.75) is 56.3 Å². The van der Waals surface area contributed by atoms with Gasteiger partial charge in [-0.25, -0.2) is 4.79 Å². The third kappa shape index (κ3) is 8.88. The first-order valence-corrected chi connectivity index (χ1v) is 16.2. The third-order valence-electron chi connectivity index (χ3n) is 7.73. The van der Waals surface area contributed by atoms with Crippen molar-refractivity contribution >= 4 is 63.2 Å². The van der Waals surface area contributed by atoms with E-state index < -0.39 is 53.8 Å². The number of carbonyl (C=O) groups is 5. The SMILES string of the molecule is CSCCC(N)C(=O)NC(CCC(N)=O)C(=O)NC(Cc1c[nH]c2ccccc12)C(=O)NC(Cc1c[nH]c2ccccc12)C(=O)O. The summed E-state index contributed by atoms with van der Waals surface area (Å²) in [5, 5.41) is 19.6. The van der Waals surface area contributed by atoms with Crippen LogP contribution in [0.25, 0.3) is 21.8 Å². The van der Waals surface area contributed by atoms with Gasteiger partial charge < -0.3 is 42.5 Å². The van der Waals surface area contributed by atoms with Gasteiger partial charge in [-0.15, -0.1) is 0 Å². The number of primary amides is 1. The van der Waals surface area contributed by atoms with Crippen LogP contribution in [0, 0.1) is 0 Å². The number of hydrogen-bond acceptors (Lipinski definition) is 7. The number of carbonyl (C=O) groups excluding carboxylic acids is 4. The molecule has 2 aromatic carbocycles. The van der Waals surface area contributed by atoms with Crippen molar-refractivity contribution < 1.29 is 29.1 Å². The maximum Gasteiger partial charge on any atom is 0.326 e. The number of hydrogen-bond donors (Lipinski definition) is 8. The van der Waals surface area contributed by atoms with Gasteiger partial charge in [-0.05, 0) is 48.1 Å². The molecular weight excluding hydrogens is 610 g/mol. The van der Waals surface area contributed by atoms with E-state index in [1.165, 1.54) is 11.8 Å². The fraction of sp³-hybridized carbons (Fsp3) is 0.344. The number of thioether (sulfide) groups is 1. The summed E-state index contributed by atoms with van der Waals surface area (Å²) in [5.41, 5.74) is 14.4. The highest BCUT2D eigenvalue weighted by atomic mass is 32.2. The average Bonchev–Trinajstić information content (AvgIpc) is 3.64. The number of carboxylic acid groups (broad SMARTS) is 1. The lowest BCUT2D eigenvalue weighted by Crippen LogP contribution is -2.58. The Balaban J connectivity index is 1.58. The van der Waals surface area contributed by atoms with Crippen molar-refractivity contribution in [1.82, 2.24) is 25.9 Å². The van der Waals surface area contributed by atoms with Crippen LogP contribution >= 0.6 is 11.8 Å². The van der Waals surface area contributed by atoms with Gasteiger partial charge in [-0.2, -0.15) is 11.8 Å². The quantitative estimate of drug-likeness (QED) is 0.0830. The van der Waals surface area contributed by atoms with E-state index >= 15 is 0 Å². The average molecular weight is 650 g/mol. The van der Waals surface area contributed by atoms with Gasteiger partial charge in [0.1, 0.15) is 18.1 Å². The summed E-state index contributed by atoms with van der Waals surface area (Å²) in [4.78, 5) is 70.4. The molecule has 0 radical (unpaired) electrons. The summed E-state index contributed by atoms with van der Waals surface area (Å²) < 4.78 is 0. The van der Waals surface area contributed by atoms with Crippen molar-refractivity contribution in [2.24, 2.45) is 11.5 Å². The molecule has 0 bridgehead atoms. The van der Waals surface area contributed by atoms with Crippen LogP contribution in [0.15, 0.2) is 60.9 Å². The van der Waals surface area contributed by atoms with Gasteiger partial charge >= 0.3 is 5.97 Å². The summed E-state index contributed by atoms with van der Waals surface area (Å²) in [6, 6.07) is 10.2. The topological polar surface area (TPSA) is 225 Å². The molecule has 0 aliphatic rings. The van der Waals surface area contributed by atoms with Crippen LogP contribution in [0.4, 0.5) is 0 Å². The Morgan fingerprint density at radius 3 is 1.80 bits per heavy atom. The van der Waals surface area contributed by atoms with E-state index in [0.717, 1.165) is 21.8 Å². The van der Waals surface area contributed by atoms with Crippen molar-refractivity contribution in [2.75, 3.05) is 12.0 Å². The molecule has 10 N–H and O–H groups in total. The van der Waals surface area contributed by atoms with E-state index in [-0.39, 0.29) is 25.7 Å². The Hall–Kier alpha value is -4.82. The standard InChI is InChI=1S/C32H39N7O6S/c1-46-13-12-22(33)29(41)37-25(10-11-28(34)40)30(42)38-26(14-18-16-35-23-8-4-2-6-20(18)23)31(43)39-27(32(44)45)15-19-17-36-24-9-5-3-7-21(19)24/h2-9,16-17,22,25-27,35-36H,10-15,33H2,1H3,(H2,34,40)(H,37,41)(H,38,42)(H,39,43)(H,44,45). The minimum Gasteiger partial charge on any atom is -0.480 e. The lowest BCUT2D eigenvalue weighted by atomic mass is 10.0. The largest absolute Gasteiger partial charge is 0.480 e. The van der Waals surface area contributed by atoms with Crippen molar-refractivity contribution in [3.63, 3.8) is 0 Å². The first kappa shape index (κ1) is 34.1. The number of nitrogens with two attached hydrogens (primary N) is 2. The zero-order valence-corrected chi connectivity index (χ0v) is 26.2. The molecule has 0 fully saturated rings. The highest BCUT2D eigenvalue weighted by Gasteiger charge is 2.31. The Bertz CT molecular complexity index is 1700. The molecule has 4 rings (SSSR count). The van der Waals surface area contributed by atoms with Gasteiger partial charge in [0.25, 0.3) is 0 Å². The number of aliphatic carboxylic acids is 1. The number of fused-ring (bicyclic) bond motifs is 2. The number of H-pyrrole nitrogens is 2. The van der Waals surface area contributed by atoms with Gasteiger partial charge in [0.15, 0.2) is 0 Å². The normalized spacial score (nSPS) is 13.9. The Kier molecular flexibility index (Phi) is 11.8. The molecule has 46 heavy (non-hydrogen) atoms. The number of carboxylic acids is 1. The molecule has 4 aromatic rings. The van der Waals surface area contributed by atoms with E-state index in [2.05, 4.69) is 25.9 Å². The van der Waals surface area contributed by atoms with Crippen molar-refractivity contribution in [1.29, 1.82) is 0 Å². The first-order valence-electron chi connectivity index (χ1n) is 14.8. The number of para-hydroxylation sites is 2. The first-order chi connectivity index (χ1) is 22.1. The van der Waals surface area contributed by atoms with Crippen molar-refractivity contribution in [3.8, 4) is 0 Å². The van der Waals surface area contributed by atoms with Gasteiger partial charge in [-0.1, -0.05) is 36.4 Å². The third-order valence-corrected chi connectivity index (χ3v) is 8.37. The molecule has 0 saturated heterocycles. The van der Waals surface area contributed by atoms with Crippen LogP contribution in [0.2, 0.25) is 0 Å². The second-order valence-corrected chi connectivity index (χ2v) is 12.0. The zero-order valence-electron chi connectivity index (χ0n) is 25.4. The van der Waals surface area contributed by atoms with E-state index in [9.17, 15) is 29.1 Å². The monoisotopic (exact) mass is 649 g/mol. The van der Waals surface area contributed by atoms with Crippen LogP contribution in [-0.2, 0) is 36.8 Å². The predicted octanol–water partition coefficient (Wildman–Crippen LogP) is 1.32. The molecule has 4 atom stereocenters. The number of rotatable bonds is 17. The molecular formula is C32H39N7O6S. The highest BCUT2D eigenvalue weighted by Crippen LogP contribution is 2.21. The summed E-state index contributed by atoms with van der Waals surface area (Å²) >= 11 is 1.52. The molecule has 0 saturated carbocycles. The number of amides is 4. The minimum atomic E-state index is -1.31. The van der Waals surface area contributed by atoms with E-state index in [0.29, 0.717) is 23.3 Å². The maximum atomic E-state index is 13.8. The van der Waals surface area contributed by atoms with Crippen LogP contribution in [0.3, 0.4) is 0 Å². The fourth-order valence-electron chi connectivity index (χ4n) is 5.20. The molecule has 4 amide bonds. The van der Waals surface area contributed by atoms with Crippen LogP contribution in [0.5, 0.6) is 0 Å². The van der Waals surface area contributed by atoms with Crippen LogP contribution < -0.4 is 27.4 Å².